The summed E-state index contributed by atoms with van der Waals surface area (Å²) in [5.74, 6) is 0.0616. The molecule has 0 aliphatic heterocycles. The summed E-state index contributed by atoms with van der Waals surface area (Å²) in [6.45, 7) is 0.414. The number of rotatable bonds is 7. The number of carbonyl (C=O) groups excluding carboxylic acids is 1. The van der Waals surface area contributed by atoms with Crippen LogP contribution in [0.5, 0.6) is 5.75 Å². The van der Waals surface area contributed by atoms with Crippen molar-refractivity contribution in [2.75, 3.05) is 5.32 Å². The van der Waals surface area contributed by atoms with Gasteiger partial charge >= 0.3 is 0 Å². The van der Waals surface area contributed by atoms with Crippen LogP contribution in [-0.2, 0) is 11.4 Å². The summed E-state index contributed by atoms with van der Waals surface area (Å²) >= 11 is 0. The lowest BCUT2D eigenvalue weighted by Crippen LogP contribution is -2.13. The Hall–Kier alpha value is -4.96. The number of nitrogens with zero attached hydrogens (tertiary/aromatic N) is 2. The molecule has 0 saturated heterocycles. The van der Waals surface area contributed by atoms with Crippen LogP contribution in [-0.4, -0.2) is 10.8 Å². The molecule has 7 nitrogen and oxygen atoms in total. The Labute approximate surface area is 195 Å². The first-order valence-electron chi connectivity index (χ1n) is 10.4. The summed E-state index contributed by atoms with van der Waals surface area (Å²) in [5, 5.41) is 25.0. The molecule has 7 heteroatoms. The lowest BCUT2D eigenvalue weighted by Gasteiger charge is -2.09. The van der Waals surface area contributed by atoms with Crippen molar-refractivity contribution in [1.82, 2.24) is 0 Å². The molecule has 4 aromatic rings. The Balaban J connectivity index is 1.41. The second kappa shape index (κ2) is 10.1. The third kappa shape index (κ3) is 5.26. The minimum atomic E-state index is -0.604. The van der Waals surface area contributed by atoms with E-state index in [9.17, 15) is 20.2 Å². The molecular formula is C27H19N3O4. The maximum absolute atomic E-state index is 12.4. The molecule has 0 saturated carbocycles. The van der Waals surface area contributed by atoms with E-state index in [-0.39, 0.29) is 11.3 Å². The van der Waals surface area contributed by atoms with E-state index in [1.165, 1.54) is 30.3 Å². The van der Waals surface area contributed by atoms with Gasteiger partial charge in [0.1, 0.15) is 24.0 Å². The van der Waals surface area contributed by atoms with Crippen molar-refractivity contribution in [3.63, 3.8) is 0 Å². The van der Waals surface area contributed by atoms with Crippen molar-refractivity contribution < 1.29 is 14.5 Å². The third-order valence-electron chi connectivity index (χ3n) is 5.17. The molecule has 0 fully saturated rings. The third-order valence-corrected chi connectivity index (χ3v) is 5.17. The molecule has 0 unspecified atom stereocenters. The van der Waals surface area contributed by atoms with Crippen LogP contribution in [0.25, 0.3) is 16.8 Å². The number of fused-ring (bicyclic) bond motifs is 1. The van der Waals surface area contributed by atoms with Gasteiger partial charge in [-0.25, -0.2) is 0 Å². The largest absolute Gasteiger partial charge is 0.489 e. The molecule has 0 aromatic heterocycles. The first-order chi connectivity index (χ1) is 16.5. The predicted molar refractivity (Wildman–Crippen MR) is 130 cm³/mol. The van der Waals surface area contributed by atoms with E-state index in [2.05, 4.69) is 23.5 Å². The molecule has 0 radical (unpaired) electrons. The average molecular weight is 449 g/mol. The van der Waals surface area contributed by atoms with Crippen LogP contribution in [0, 0.1) is 21.4 Å². The molecule has 0 atom stereocenters. The molecule has 1 amide bonds. The zero-order valence-electron chi connectivity index (χ0n) is 18.0. The number of amides is 1. The lowest BCUT2D eigenvalue weighted by molar-refractivity contribution is -0.384. The number of non-ortho nitro benzene ring substituents is 1. The highest BCUT2D eigenvalue weighted by molar-refractivity contribution is 6.09. The average Bonchev–Trinajstić information content (AvgIpc) is 2.87. The number of carbonyl (C=O) groups is 1. The number of ether oxygens (including phenoxy) is 1. The molecule has 34 heavy (non-hydrogen) atoms. The summed E-state index contributed by atoms with van der Waals surface area (Å²) in [6, 6.07) is 28.6. The zero-order chi connectivity index (χ0) is 23.9. The topological polar surface area (TPSA) is 105 Å². The number of hydrogen-bond donors (Lipinski definition) is 1. The van der Waals surface area contributed by atoms with E-state index < -0.39 is 10.8 Å². The lowest BCUT2D eigenvalue weighted by atomic mass is 10.1. The number of nitriles is 1. The zero-order valence-corrected chi connectivity index (χ0v) is 18.0. The highest BCUT2D eigenvalue weighted by atomic mass is 16.6. The number of anilines is 1. The van der Waals surface area contributed by atoms with Crippen molar-refractivity contribution in [3.05, 3.63) is 118 Å². The van der Waals surface area contributed by atoms with Crippen molar-refractivity contribution in [2.45, 2.75) is 6.61 Å². The molecule has 4 aromatic carbocycles. The van der Waals surface area contributed by atoms with Crippen molar-refractivity contribution in [1.29, 1.82) is 5.26 Å². The van der Waals surface area contributed by atoms with E-state index in [1.807, 2.05) is 30.3 Å². The minimum Gasteiger partial charge on any atom is -0.489 e. The Morgan fingerprint density at radius 1 is 0.971 bits per heavy atom. The van der Waals surface area contributed by atoms with Crippen molar-refractivity contribution >= 4 is 34.1 Å². The first kappa shape index (κ1) is 22.2. The molecular weight excluding hydrogens is 430 g/mol. The highest BCUT2D eigenvalue weighted by Gasteiger charge is 2.11. The summed E-state index contributed by atoms with van der Waals surface area (Å²) in [6.07, 6.45) is 1.47. The molecule has 4 rings (SSSR count). The fraction of sp³-hybridized carbons (Fsp3) is 0.0370. The van der Waals surface area contributed by atoms with E-state index in [4.69, 9.17) is 4.74 Å². The second-order valence-corrected chi connectivity index (χ2v) is 7.42. The monoisotopic (exact) mass is 449 g/mol. The Morgan fingerprint density at radius 3 is 2.38 bits per heavy atom. The van der Waals surface area contributed by atoms with Gasteiger partial charge in [0.2, 0.25) is 0 Å². The molecule has 0 bridgehead atoms. The molecule has 0 spiro atoms. The maximum Gasteiger partial charge on any atom is 0.269 e. The standard InChI is InChI=1S/C27H19N3O4/c28-17-22(27(31)29-23-10-12-24(13-11-23)30(32)33)16-19-8-14-25(15-9-19)34-18-21-6-3-5-20-4-1-2-7-26(20)21/h1-16H,18H2,(H,29,31)/b22-16-. The Bertz CT molecular complexity index is 1410. The van der Waals surface area contributed by atoms with Crippen LogP contribution in [0.4, 0.5) is 11.4 Å². The normalized spacial score (nSPS) is 11.0. The van der Waals surface area contributed by atoms with Crippen LogP contribution in [0.2, 0.25) is 0 Å². The highest BCUT2D eigenvalue weighted by Crippen LogP contribution is 2.22. The summed E-state index contributed by atoms with van der Waals surface area (Å²) in [7, 11) is 0. The van der Waals surface area contributed by atoms with Gasteiger partial charge in [0.05, 0.1) is 4.92 Å². The van der Waals surface area contributed by atoms with Gasteiger partial charge in [-0.2, -0.15) is 5.26 Å². The number of nitro benzene ring substituents is 1. The van der Waals surface area contributed by atoms with Gasteiger partial charge < -0.3 is 10.1 Å². The van der Waals surface area contributed by atoms with E-state index in [1.54, 1.807) is 24.3 Å². The van der Waals surface area contributed by atoms with E-state index in [0.717, 1.165) is 16.3 Å². The molecule has 166 valence electrons. The van der Waals surface area contributed by atoms with Gasteiger partial charge in [-0.05, 0) is 52.2 Å². The van der Waals surface area contributed by atoms with Crippen LogP contribution in [0.1, 0.15) is 11.1 Å². The smallest absolute Gasteiger partial charge is 0.269 e. The second-order valence-electron chi connectivity index (χ2n) is 7.42. The molecule has 0 aliphatic carbocycles. The first-order valence-corrected chi connectivity index (χ1v) is 10.4. The molecule has 1 N–H and O–H groups in total. The van der Waals surface area contributed by atoms with Crippen LogP contribution in [0.3, 0.4) is 0 Å². The van der Waals surface area contributed by atoms with E-state index >= 15 is 0 Å². The molecule has 0 heterocycles. The quantitative estimate of drug-likeness (QED) is 0.164. The maximum atomic E-state index is 12.4. The molecule has 0 aliphatic rings. The number of nitro groups is 1. The van der Waals surface area contributed by atoms with Crippen molar-refractivity contribution in [3.8, 4) is 11.8 Å². The number of hydrogen-bond acceptors (Lipinski definition) is 5. The van der Waals surface area contributed by atoms with Gasteiger partial charge in [0.15, 0.2) is 0 Å². The Morgan fingerprint density at radius 2 is 1.68 bits per heavy atom. The summed E-state index contributed by atoms with van der Waals surface area (Å²) < 4.78 is 5.93. The minimum absolute atomic E-state index is 0.0863. The van der Waals surface area contributed by atoms with Crippen molar-refractivity contribution in [2.24, 2.45) is 0 Å². The fourth-order valence-electron chi connectivity index (χ4n) is 3.42. The van der Waals surface area contributed by atoms with Crippen LogP contribution in [0.15, 0.2) is 96.6 Å². The van der Waals surface area contributed by atoms with Gasteiger partial charge in [-0.15, -0.1) is 0 Å². The van der Waals surface area contributed by atoms with Crippen LogP contribution < -0.4 is 10.1 Å². The number of benzene rings is 4. The SMILES string of the molecule is N#C/C(=C/c1ccc(OCc2cccc3ccccc23)cc1)C(=O)Nc1ccc([N+](=O)[O-])cc1. The van der Waals surface area contributed by atoms with Gasteiger partial charge in [0.25, 0.3) is 11.6 Å². The fourth-order valence-corrected chi connectivity index (χ4v) is 3.42. The van der Waals surface area contributed by atoms with E-state index in [0.29, 0.717) is 23.6 Å². The van der Waals surface area contributed by atoms with Gasteiger partial charge in [-0.1, -0.05) is 54.6 Å². The van der Waals surface area contributed by atoms with Gasteiger partial charge in [-0.3, -0.25) is 14.9 Å². The van der Waals surface area contributed by atoms with Crippen LogP contribution >= 0.6 is 0 Å². The summed E-state index contributed by atoms with van der Waals surface area (Å²) in [5.41, 5.74) is 1.91. The summed E-state index contributed by atoms with van der Waals surface area (Å²) in [4.78, 5) is 22.7. The Kier molecular flexibility index (Phi) is 6.61. The predicted octanol–water partition coefficient (Wildman–Crippen LogP) is 5.87. The van der Waals surface area contributed by atoms with Gasteiger partial charge in [0, 0.05) is 17.8 Å². The number of nitrogens with one attached hydrogen (secondary N) is 1.